The Bertz CT molecular complexity index is 1320. The lowest BCUT2D eigenvalue weighted by atomic mass is 9.98. The van der Waals surface area contributed by atoms with Crippen LogP contribution in [-0.4, -0.2) is 48.8 Å². The van der Waals surface area contributed by atoms with Gasteiger partial charge in [0.05, 0.1) is 23.8 Å². The van der Waals surface area contributed by atoms with E-state index in [-0.39, 0.29) is 24.1 Å². The maximum absolute atomic E-state index is 14.0. The SMILES string of the molecule is Cc1ccc(C2CC(=O)Nc3cc(C(=O)N4CCNCC4)ccc3N2C(=O)c2cccc(Br)c2)cc1. The Morgan fingerprint density at radius 3 is 2.36 bits per heavy atom. The first-order valence-electron chi connectivity index (χ1n) is 12.0. The van der Waals surface area contributed by atoms with Gasteiger partial charge < -0.3 is 15.5 Å². The van der Waals surface area contributed by atoms with Crippen LogP contribution < -0.4 is 15.5 Å². The molecule has 7 nitrogen and oxygen atoms in total. The van der Waals surface area contributed by atoms with E-state index in [2.05, 4.69) is 26.6 Å². The van der Waals surface area contributed by atoms with Crippen LogP contribution in [0.3, 0.4) is 0 Å². The number of carbonyl (C=O) groups is 3. The highest BCUT2D eigenvalue weighted by atomic mass is 79.9. The molecule has 0 radical (unpaired) electrons. The van der Waals surface area contributed by atoms with Gasteiger partial charge in [0.15, 0.2) is 0 Å². The van der Waals surface area contributed by atoms with E-state index in [0.29, 0.717) is 35.6 Å². The number of aryl methyl sites for hydroxylation is 1. The molecule has 5 rings (SSSR count). The van der Waals surface area contributed by atoms with Crippen molar-refractivity contribution in [2.75, 3.05) is 36.4 Å². The average Bonchev–Trinajstić information content (AvgIpc) is 3.04. The molecule has 1 unspecified atom stereocenters. The van der Waals surface area contributed by atoms with E-state index in [0.717, 1.165) is 28.7 Å². The summed E-state index contributed by atoms with van der Waals surface area (Å²) in [6.07, 6.45) is 0.0958. The first kappa shape index (κ1) is 24.2. The molecule has 3 aromatic rings. The first-order chi connectivity index (χ1) is 17.4. The normalized spacial score (nSPS) is 17.7. The van der Waals surface area contributed by atoms with E-state index in [1.165, 1.54) is 0 Å². The van der Waals surface area contributed by atoms with Crippen molar-refractivity contribution in [1.29, 1.82) is 0 Å². The molecule has 3 aromatic carbocycles. The molecule has 2 heterocycles. The molecule has 0 aromatic heterocycles. The number of halogens is 1. The minimum atomic E-state index is -0.506. The molecule has 0 saturated carbocycles. The van der Waals surface area contributed by atoms with Crippen LogP contribution in [0, 0.1) is 6.92 Å². The number of nitrogens with one attached hydrogen (secondary N) is 2. The topological polar surface area (TPSA) is 81.8 Å². The zero-order chi connectivity index (χ0) is 25.2. The van der Waals surface area contributed by atoms with Crippen molar-refractivity contribution in [2.45, 2.75) is 19.4 Å². The molecule has 3 amide bonds. The number of anilines is 2. The third kappa shape index (κ3) is 4.92. The van der Waals surface area contributed by atoms with Gasteiger partial charge in [0.2, 0.25) is 5.91 Å². The van der Waals surface area contributed by atoms with Crippen molar-refractivity contribution >= 4 is 45.0 Å². The highest BCUT2D eigenvalue weighted by Gasteiger charge is 2.35. The lowest BCUT2D eigenvalue weighted by Crippen LogP contribution is -2.46. The Kier molecular flexibility index (Phi) is 6.89. The second-order valence-electron chi connectivity index (χ2n) is 9.14. The number of rotatable bonds is 3. The highest BCUT2D eigenvalue weighted by molar-refractivity contribution is 9.10. The predicted octanol–water partition coefficient (Wildman–Crippen LogP) is 4.53. The van der Waals surface area contributed by atoms with Crippen molar-refractivity contribution in [1.82, 2.24) is 10.2 Å². The van der Waals surface area contributed by atoms with E-state index in [1.54, 1.807) is 40.1 Å². The molecule has 0 spiro atoms. The number of amides is 3. The maximum Gasteiger partial charge on any atom is 0.258 e. The fourth-order valence-electron chi connectivity index (χ4n) is 4.73. The van der Waals surface area contributed by atoms with Crippen molar-refractivity contribution in [3.8, 4) is 0 Å². The van der Waals surface area contributed by atoms with Crippen LogP contribution in [0.25, 0.3) is 0 Å². The van der Waals surface area contributed by atoms with Gasteiger partial charge in [0.25, 0.3) is 11.8 Å². The third-order valence-electron chi connectivity index (χ3n) is 6.62. The lowest BCUT2D eigenvalue weighted by molar-refractivity contribution is -0.116. The molecule has 184 valence electrons. The molecule has 2 aliphatic heterocycles. The number of nitrogens with zero attached hydrogens (tertiary/aromatic N) is 2. The summed E-state index contributed by atoms with van der Waals surface area (Å²) >= 11 is 3.46. The van der Waals surface area contributed by atoms with Gasteiger partial charge in [-0.1, -0.05) is 51.8 Å². The molecular weight excluding hydrogens is 520 g/mol. The van der Waals surface area contributed by atoms with Gasteiger partial charge >= 0.3 is 0 Å². The first-order valence-corrected chi connectivity index (χ1v) is 12.8. The fraction of sp³-hybridized carbons (Fsp3) is 0.250. The average molecular weight is 547 g/mol. The Morgan fingerprint density at radius 1 is 0.917 bits per heavy atom. The van der Waals surface area contributed by atoms with Gasteiger partial charge in [-0.25, -0.2) is 0 Å². The number of fused-ring (bicyclic) bond motifs is 1. The molecule has 36 heavy (non-hydrogen) atoms. The largest absolute Gasteiger partial charge is 0.336 e. The fourth-order valence-corrected chi connectivity index (χ4v) is 5.13. The van der Waals surface area contributed by atoms with Crippen LogP contribution in [0.5, 0.6) is 0 Å². The summed E-state index contributed by atoms with van der Waals surface area (Å²) in [6.45, 7) is 4.76. The van der Waals surface area contributed by atoms with Crippen LogP contribution in [-0.2, 0) is 4.79 Å². The monoisotopic (exact) mass is 546 g/mol. The molecule has 0 aliphatic carbocycles. The zero-order valence-corrected chi connectivity index (χ0v) is 21.5. The number of hydrogen-bond donors (Lipinski definition) is 2. The van der Waals surface area contributed by atoms with Gasteiger partial charge in [-0.2, -0.15) is 0 Å². The number of piperazine rings is 1. The van der Waals surface area contributed by atoms with Crippen molar-refractivity contribution in [3.63, 3.8) is 0 Å². The van der Waals surface area contributed by atoms with Crippen LogP contribution in [0.1, 0.15) is 44.3 Å². The molecular formula is C28H27BrN4O3. The summed E-state index contributed by atoms with van der Waals surface area (Å²) in [4.78, 5) is 43.7. The van der Waals surface area contributed by atoms with E-state index in [9.17, 15) is 14.4 Å². The van der Waals surface area contributed by atoms with E-state index in [4.69, 9.17) is 0 Å². The Morgan fingerprint density at radius 2 is 1.64 bits per heavy atom. The van der Waals surface area contributed by atoms with Crippen LogP contribution in [0.4, 0.5) is 11.4 Å². The van der Waals surface area contributed by atoms with Crippen molar-refractivity contribution < 1.29 is 14.4 Å². The summed E-state index contributed by atoms with van der Waals surface area (Å²) in [6, 6.07) is 19.8. The van der Waals surface area contributed by atoms with E-state index >= 15 is 0 Å². The Balaban J connectivity index is 1.60. The van der Waals surface area contributed by atoms with Crippen LogP contribution in [0.2, 0.25) is 0 Å². The lowest BCUT2D eigenvalue weighted by Gasteiger charge is -2.31. The molecule has 2 N–H and O–H groups in total. The van der Waals surface area contributed by atoms with Crippen LogP contribution in [0.15, 0.2) is 71.2 Å². The smallest absolute Gasteiger partial charge is 0.258 e. The molecule has 1 fully saturated rings. The number of carbonyl (C=O) groups excluding carboxylic acids is 3. The Labute approximate surface area is 218 Å². The van der Waals surface area contributed by atoms with Gasteiger partial charge in [-0.3, -0.25) is 19.3 Å². The van der Waals surface area contributed by atoms with Gasteiger partial charge in [-0.15, -0.1) is 0 Å². The number of benzene rings is 3. The van der Waals surface area contributed by atoms with Gasteiger partial charge in [0.1, 0.15) is 0 Å². The number of hydrogen-bond acceptors (Lipinski definition) is 4. The molecule has 1 saturated heterocycles. The summed E-state index contributed by atoms with van der Waals surface area (Å²) in [7, 11) is 0. The zero-order valence-electron chi connectivity index (χ0n) is 20.0. The molecule has 2 aliphatic rings. The molecule has 8 heteroatoms. The molecule has 1 atom stereocenters. The van der Waals surface area contributed by atoms with Crippen molar-refractivity contribution in [2.24, 2.45) is 0 Å². The Hall–Kier alpha value is -3.49. The van der Waals surface area contributed by atoms with Gasteiger partial charge in [0, 0.05) is 41.8 Å². The van der Waals surface area contributed by atoms with Gasteiger partial charge in [-0.05, 0) is 48.9 Å². The van der Waals surface area contributed by atoms with Crippen molar-refractivity contribution in [3.05, 3.63) is 93.5 Å². The quantitative estimate of drug-likeness (QED) is 0.505. The van der Waals surface area contributed by atoms with E-state index in [1.807, 2.05) is 43.3 Å². The molecule has 0 bridgehead atoms. The highest BCUT2D eigenvalue weighted by Crippen LogP contribution is 2.40. The predicted molar refractivity (Wildman–Crippen MR) is 143 cm³/mol. The minimum Gasteiger partial charge on any atom is -0.336 e. The summed E-state index contributed by atoms with van der Waals surface area (Å²) in [5.74, 6) is -0.517. The second kappa shape index (κ2) is 10.2. The summed E-state index contributed by atoms with van der Waals surface area (Å²) < 4.78 is 0.793. The summed E-state index contributed by atoms with van der Waals surface area (Å²) in [5, 5.41) is 6.20. The van der Waals surface area contributed by atoms with E-state index < -0.39 is 6.04 Å². The second-order valence-corrected chi connectivity index (χ2v) is 10.1. The third-order valence-corrected chi connectivity index (χ3v) is 7.12. The maximum atomic E-state index is 14.0. The summed E-state index contributed by atoms with van der Waals surface area (Å²) in [5.41, 5.74) is 3.97. The van der Waals surface area contributed by atoms with Crippen LogP contribution >= 0.6 is 15.9 Å². The minimum absolute atomic E-state index is 0.0854. The standard InChI is InChI=1S/C28H27BrN4O3/c1-18-5-7-19(8-6-18)25-17-26(34)31-23-16-21(27(35)32-13-11-30-12-14-32)9-10-24(23)33(25)28(36)20-3-2-4-22(29)15-20/h2-10,15-16,25,30H,11-14,17H2,1H3,(H,31,34).